The number of aromatic amines is 2. The number of rotatable bonds is 7. The molecule has 0 aliphatic carbocycles. The van der Waals surface area contributed by atoms with E-state index < -0.39 is 241 Å². The molecule has 1 saturated heterocycles. The summed E-state index contributed by atoms with van der Waals surface area (Å²) < 4.78 is 302. The quantitative estimate of drug-likeness (QED) is 0.0525. The molecular formula is C50H21F19N4O5S. The van der Waals surface area contributed by atoms with Gasteiger partial charge in [0.1, 0.15) is 6.10 Å². The molecule has 0 spiro atoms. The third kappa shape index (κ3) is 8.34. The predicted molar refractivity (Wildman–Crippen MR) is 239 cm³/mol. The maximum Gasteiger partial charge on any atom is 0.200 e. The first-order chi connectivity index (χ1) is 37.3. The van der Waals surface area contributed by atoms with Gasteiger partial charge in [-0.1, -0.05) is 0 Å². The van der Waals surface area contributed by atoms with Crippen LogP contribution < -0.4 is 0 Å². The number of nitrogens with one attached hydrogen (secondary N) is 2. The van der Waals surface area contributed by atoms with Crippen LogP contribution in [0.2, 0.25) is 0 Å². The number of ether oxygens (including phenoxy) is 1. The molecule has 3 aromatic heterocycles. The van der Waals surface area contributed by atoms with Crippen LogP contribution in [0, 0.1) is 111 Å². The van der Waals surface area contributed by atoms with Gasteiger partial charge < -0.3 is 35.1 Å². The van der Waals surface area contributed by atoms with Crippen LogP contribution in [0.1, 0.15) is 22.8 Å². The lowest BCUT2D eigenvalue weighted by Gasteiger charge is -2.39. The fourth-order valence-corrected chi connectivity index (χ4v) is 10.3. The fourth-order valence-electron chi connectivity index (χ4n) is 9.01. The van der Waals surface area contributed by atoms with Gasteiger partial charge in [0.05, 0.1) is 74.0 Å². The summed E-state index contributed by atoms with van der Waals surface area (Å²) in [5.74, 6) is -49.3. The molecule has 8 bridgehead atoms. The Balaban J connectivity index is 1.41. The van der Waals surface area contributed by atoms with Crippen LogP contribution >= 0.6 is 11.8 Å². The van der Waals surface area contributed by atoms with Crippen LogP contribution in [0.4, 0.5) is 83.4 Å². The molecule has 0 saturated carbocycles. The van der Waals surface area contributed by atoms with Crippen molar-refractivity contribution < 1.29 is 109 Å². The molecule has 7 aromatic rings. The average molecular weight is 1150 g/mol. The minimum absolute atomic E-state index is 0.268. The summed E-state index contributed by atoms with van der Waals surface area (Å²) in [6, 6.07) is 2.50. The van der Waals surface area contributed by atoms with Crippen molar-refractivity contribution in [3.05, 3.63) is 158 Å². The number of aliphatic hydroxyl groups is 4. The van der Waals surface area contributed by atoms with Gasteiger partial charge in [-0.05, 0) is 48.6 Å². The zero-order valence-electron chi connectivity index (χ0n) is 37.9. The number of thioether (sulfide) groups is 1. The molecule has 5 atom stereocenters. The summed E-state index contributed by atoms with van der Waals surface area (Å²) >= 11 is -0.268. The Labute approximate surface area is 429 Å². The van der Waals surface area contributed by atoms with E-state index in [0.717, 1.165) is 0 Å². The van der Waals surface area contributed by atoms with E-state index in [2.05, 4.69) is 19.9 Å². The minimum atomic E-state index is -2.74. The van der Waals surface area contributed by atoms with Crippen LogP contribution in [0.25, 0.3) is 90.9 Å². The summed E-state index contributed by atoms with van der Waals surface area (Å²) in [4.78, 5) is 10.9. The third-order valence-corrected chi connectivity index (χ3v) is 14.1. The standard InChI is InChI=1S/C50H21F19N4O5S/c51-27-23(28(52)36(60)41(65)35(27)59)19-10-1-3-12(70-10)20(24-29(53)37(61)42(66)38(62)30(24)54)14-5-7-16(72-14)22(26-33(57)44(68)49(45(69)34(26)58)79-48-18(9-74)78-50(77)47(76)46(48)75)17-8-6-15(73-17)21(13-4-2-11(19)71-13)25-31(55)39(63)43(67)40(64)32(25)56/h1-8,18,46-48,50,70,73-77H,9H2/t18-,46-,47-,48-,50?/m1/s1. The van der Waals surface area contributed by atoms with Gasteiger partial charge in [-0.2, -0.15) is 0 Å². The van der Waals surface area contributed by atoms with Gasteiger partial charge in [0.25, 0.3) is 0 Å². The molecule has 4 aromatic carbocycles. The summed E-state index contributed by atoms with van der Waals surface area (Å²) in [5, 5.41) is 38.7. The largest absolute Gasteiger partial charge is 0.394 e. The fraction of sp³-hybridized carbons (Fsp3) is 0.120. The second kappa shape index (κ2) is 19.9. The summed E-state index contributed by atoms with van der Waals surface area (Å²) in [7, 11) is 0. The zero-order valence-corrected chi connectivity index (χ0v) is 38.7. The molecule has 3 aliphatic heterocycles. The van der Waals surface area contributed by atoms with E-state index in [4.69, 9.17) is 4.74 Å². The van der Waals surface area contributed by atoms with Gasteiger partial charge in [-0.25, -0.2) is 93.4 Å². The molecule has 10 rings (SSSR count). The number of aliphatic hydroxyl groups excluding tert-OH is 4. The number of aromatic nitrogens is 4. The molecule has 79 heavy (non-hydrogen) atoms. The van der Waals surface area contributed by atoms with Gasteiger partial charge in [0, 0.05) is 44.3 Å². The topological polar surface area (TPSA) is 148 Å². The first kappa shape index (κ1) is 54.6. The van der Waals surface area contributed by atoms with E-state index in [1.807, 2.05) is 0 Å². The molecule has 1 fully saturated rings. The number of hydrogen-bond donors (Lipinski definition) is 6. The van der Waals surface area contributed by atoms with Crippen molar-refractivity contribution >= 4 is 58.1 Å². The molecule has 3 aliphatic rings. The summed E-state index contributed by atoms with van der Waals surface area (Å²) in [6.45, 7) is -1.15. The normalized spacial score (nSPS) is 18.1. The van der Waals surface area contributed by atoms with E-state index >= 15 is 70.2 Å². The van der Waals surface area contributed by atoms with Crippen LogP contribution in [0.3, 0.4) is 0 Å². The van der Waals surface area contributed by atoms with Crippen molar-refractivity contribution in [2.45, 2.75) is 34.7 Å². The minimum Gasteiger partial charge on any atom is -0.394 e. The highest BCUT2D eigenvalue weighted by Crippen LogP contribution is 2.47. The number of fused-ring (bicyclic) bond motifs is 8. The van der Waals surface area contributed by atoms with Crippen molar-refractivity contribution in [2.75, 3.05) is 6.61 Å². The SMILES string of the molecule is OC[C@H]1OC(O)[C@H](O)[C@@H](O)[C@@H]1Sc1c(F)c(F)c(-c2c3nc(c(-c4c(F)c(F)c(F)c(F)c4F)c4ccc([nH]4)c(-c4c(F)c(F)c(F)c(F)c4F)c4nc(c(-c5c(F)c(F)c(F)c(F)c5F)c5ccc2[nH]5)C=C4)C=C3)c(F)c1F. The van der Waals surface area contributed by atoms with Crippen molar-refractivity contribution in [1.29, 1.82) is 0 Å². The zero-order chi connectivity index (χ0) is 57.3. The molecule has 410 valence electrons. The summed E-state index contributed by atoms with van der Waals surface area (Å²) in [6.07, 6.45) is -6.08. The van der Waals surface area contributed by atoms with Crippen LogP contribution in [0.5, 0.6) is 0 Å². The molecule has 0 amide bonds. The predicted octanol–water partition coefficient (Wildman–Crippen LogP) is 11.9. The van der Waals surface area contributed by atoms with Gasteiger partial charge in [0.15, 0.2) is 99.4 Å². The lowest BCUT2D eigenvalue weighted by Crippen LogP contribution is -2.57. The van der Waals surface area contributed by atoms with Crippen LogP contribution in [-0.2, 0) is 4.74 Å². The molecule has 9 nitrogen and oxygen atoms in total. The van der Waals surface area contributed by atoms with Crippen LogP contribution in [0.15, 0.2) is 29.2 Å². The molecule has 6 heterocycles. The van der Waals surface area contributed by atoms with Crippen molar-refractivity contribution in [3.8, 4) is 44.5 Å². The van der Waals surface area contributed by atoms with Gasteiger partial charge in [-0.3, -0.25) is 0 Å². The average Bonchev–Trinajstić information content (AvgIpc) is 4.48. The Kier molecular flexibility index (Phi) is 13.8. The Morgan fingerprint density at radius 1 is 0.367 bits per heavy atom. The Hall–Kier alpha value is -7.70. The van der Waals surface area contributed by atoms with E-state index in [0.29, 0.717) is 48.6 Å². The van der Waals surface area contributed by atoms with Crippen molar-refractivity contribution in [2.24, 2.45) is 0 Å². The first-order valence-corrected chi connectivity index (χ1v) is 22.8. The second-order valence-electron chi connectivity index (χ2n) is 17.1. The molecule has 1 unspecified atom stereocenters. The Bertz CT molecular complexity index is 3890. The lowest BCUT2D eigenvalue weighted by atomic mass is 10.0. The number of benzene rings is 4. The molecule has 6 N–H and O–H groups in total. The maximum absolute atomic E-state index is 16.9. The number of hydrogen-bond acceptors (Lipinski definition) is 8. The van der Waals surface area contributed by atoms with Gasteiger partial charge >= 0.3 is 0 Å². The highest BCUT2D eigenvalue weighted by atomic mass is 32.2. The Morgan fingerprint density at radius 2 is 0.620 bits per heavy atom. The van der Waals surface area contributed by atoms with Gasteiger partial charge in [-0.15, -0.1) is 11.8 Å². The van der Waals surface area contributed by atoms with E-state index in [-0.39, 0.29) is 11.8 Å². The third-order valence-electron chi connectivity index (χ3n) is 12.7. The lowest BCUT2D eigenvalue weighted by molar-refractivity contribution is -0.248. The van der Waals surface area contributed by atoms with E-state index in [1.54, 1.807) is 0 Å². The first-order valence-electron chi connectivity index (χ1n) is 21.9. The molecule has 0 radical (unpaired) electrons. The summed E-state index contributed by atoms with van der Waals surface area (Å²) in [5.41, 5.74) is -20.8. The number of nitrogens with zero attached hydrogens (tertiary/aromatic N) is 2. The molecular weight excluding hydrogens is 1130 g/mol. The second-order valence-corrected chi connectivity index (χ2v) is 18.3. The number of halogens is 19. The van der Waals surface area contributed by atoms with Crippen molar-refractivity contribution in [1.82, 2.24) is 19.9 Å². The molecule has 29 heteroatoms. The van der Waals surface area contributed by atoms with Crippen molar-refractivity contribution in [3.63, 3.8) is 0 Å². The van der Waals surface area contributed by atoms with E-state index in [9.17, 15) is 33.6 Å². The van der Waals surface area contributed by atoms with Crippen LogP contribution in [-0.4, -0.2) is 76.8 Å². The smallest absolute Gasteiger partial charge is 0.200 e. The monoisotopic (exact) mass is 1150 g/mol. The maximum atomic E-state index is 16.9. The van der Waals surface area contributed by atoms with E-state index in [1.165, 1.54) is 0 Å². The highest BCUT2D eigenvalue weighted by molar-refractivity contribution is 8.00. The number of H-pyrrole nitrogens is 2. The Morgan fingerprint density at radius 3 is 0.886 bits per heavy atom. The van der Waals surface area contributed by atoms with Gasteiger partial charge in [0.2, 0.25) is 17.5 Å². The highest BCUT2D eigenvalue weighted by Gasteiger charge is 2.46.